The van der Waals surface area contributed by atoms with Crippen LogP contribution in [0.5, 0.6) is 11.5 Å². The molecule has 0 saturated carbocycles. The number of benzene rings is 3. The van der Waals surface area contributed by atoms with Crippen molar-refractivity contribution in [2.45, 2.75) is 18.7 Å². The fourth-order valence-corrected chi connectivity index (χ4v) is 4.09. The summed E-state index contributed by atoms with van der Waals surface area (Å²) in [4.78, 5) is 0.0478. The molecular formula is C27H27N3O4S. The minimum absolute atomic E-state index is 0.0478. The molecule has 7 nitrogen and oxygen atoms in total. The summed E-state index contributed by atoms with van der Waals surface area (Å²) >= 11 is 0. The molecule has 1 heterocycles. The molecule has 0 atom stereocenters. The Morgan fingerprint density at radius 3 is 1.94 bits per heavy atom. The first-order chi connectivity index (χ1) is 16.9. The van der Waals surface area contributed by atoms with Crippen molar-refractivity contribution in [2.75, 3.05) is 13.2 Å². The van der Waals surface area contributed by atoms with Crippen LogP contribution in [0.25, 0.3) is 29.1 Å². The standard InChI is InChI=1S/C27H27N3O4S/c1-3-33-24-13-6-20(7-14-24)5-10-22-19-27(21-8-15-25(16-9-21)34-4-2)30(29-22)23-11-17-26(18-12-23)35(28,31)32/h5-19H,3-4H2,1-2H3,(H2,28,31,32)/b10-5+. The van der Waals surface area contributed by atoms with Gasteiger partial charge < -0.3 is 9.47 Å². The highest BCUT2D eigenvalue weighted by atomic mass is 32.2. The van der Waals surface area contributed by atoms with E-state index in [4.69, 9.17) is 19.7 Å². The first kappa shape index (κ1) is 24.3. The monoisotopic (exact) mass is 489 g/mol. The van der Waals surface area contributed by atoms with Crippen molar-refractivity contribution in [3.8, 4) is 28.4 Å². The Bertz CT molecular complexity index is 1410. The van der Waals surface area contributed by atoms with Crippen molar-refractivity contribution in [1.29, 1.82) is 0 Å². The average molecular weight is 490 g/mol. The molecule has 4 aromatic rings. The minimum atomic E-state index is -3.78. The second-order valence-electron chi connectivity index (χ2n) is 7.70. The molecule has 3 aromatic carbocycles. The Hall–Kier alpha value is -3.88. The first-order valence-corrected chi connectivity index (χ1v) is 12.8. The lowest BCUT2D eigenvalue weighted by Gasteiger charge is -2.09. The third kappa shape index (κ3) is 5.98. The van der Waals surface area contributed by atoms with Crippen LogP contribution in [0, 0.1) is 0 Å². The summed E-state index contributed by atoms with van der Waals surface area (Å²) in [5.74, 6) is 1.62. The van der Waals surface area contributed by atoms with Crippen molar-refractivity contribution >= 4 is 22.2 Å². The van der Waals surface area contributed by atoms with Crippen LogP contribution in [0.1, 0.15) is 25.1 Å². The molecule has 0 amide bonds. The van der Waals surface area contributed by atoms with Gasteiger partial charge in [-0.05, 0) is 92.2 Å². The van der Waals surface area contributed by atoms with Crippen molar-refractivity contribution in [3.05, 3.63) is 90.1 Å². The van der Waals surface area contributed by atoms with Gasteiger partial charge in [0.2, 0.25) is 10.0 Å². The molecule has 1 aromatic heterocycles. The molecule has 2 N–H and O–H groups in total. The zero-order chi connectivity index (χ0) is 24.8. The van der Waals surface area contributed by atoms with Crippen LogP contribution in [0.15, 0.2) is 83.8 Å². The second kappa shape index (κ2) is 10.6. The molecule has 4 rings (SSSR count). The highest BCUT2D eigenvalue weighted by Gasteiger charge is 2.13. The Labute approximate surface area is 205 Å². The van der Waals surface area contributed by atoms with Crippen LogP contribution < -0.4 is 14.6 Å². The predicted molar refractivity (Wildman–Crippen MR) is 138 cm³/mol. The maximum atomic E-state index is 11.7. The van der Waals surface area contributed by atoms with Gasteiger partial charge in [-0.3, -0.25) is 0 Å². The number of hydrogen-bond acceptors (Lipinski definition) is 5. The molecule has 0 bridgehead atoms. The van der Waals surface area contributed by atoms with E-state index in [1.165, 1.54) is 12.1 Å². The molecule has 0 radical (unpaired) electrons. The number of sulfonamides is 1. The summed E-state index contributed by atoms with van der Waals surface area (Å²) in [6.07, 6.45) is 3.91. The van der Waals surface area contributed by atoms with Gasteiger partial charge in [0, 0.05) is 5.56 Å². The van der Waals surface area contributed by atoms with E-state index in [9.17, 15) is 8.42 Å². The van der Waals surface area contributed by atoms with Crippen LogP contribution in [-0.2, 0) is 10.0 Å². The van der Waals surface area contributed by atoms with E-state index in [2.05, 4.69) is 0 Å². The fraction of sp³-hybridized carbons (Fsp3) is 0.148. The molecule has 180 valence electrons. The van der Waals surface area contributed by atoms with Crippen molar-refractivity contribution in [2.24, 2.45) is 5.14 Å². The van der Waals surface area contributed by atoms with Crippen LogP contribution in [0.2, 0.25) is 0 Å². The molecule has 0 fully saturated rings. The van der Waals surface area contributed by atoms with Crippen LogP contribution in [0.4, 0.5) is 0 Å². The Morgan fingerprint density at radius 1 is 0.829 bits per heavy atom. The predicted octanol–water partition coefficient (Wildman–Crippen LogP) is 5.15. The van der Waals surface area contributed by atoms with Gasteiger partial charge in [0.05, 0.1) is 35.2 Å². The summed E-state index contributed by atoms with van der Waals surface area (Å²) in [7, 11) is -3.78. The molecule has 0 aliphatic carbocycles. The molecule has 8 heteroatoms. The van der Waals surface area contributed by atoms with Gasteiger partial charge in [-0.25, -0.2) is 18.2 Å². The number of nitrogens with two attached hydrogens (primary N) is 1. The van der Waals surface area contributed by atoms with Gasteiger partial charge in [0.1, 0.15) is 11.5 Å². The van der Waals surface area contributed by atoms with Crippen LogP contribution >= 0.6 is 0 Å². The maximum absolute atomic E-state index is 11.7. The zero-order valence-corrected chi connectivity index (χ0v) is 20.4. The van der Waals surface area contributed by atoms with Crippen molar-refractivity contribution < 1.29 is 17.9 Å². The number of nitrogens with zero attached hydrogens (tertiary/aromatic N) is 2. The van der Waals surface area contributed by atoms with Gasteiger partial charge in [-0.2, -0.15) is 5.10 Å². The first-order valence-electron chi connectivity index (χ1n) is 11.2. The lowest BCUT2D eigenvalue weighted by Crippen LogP contribution is -2.12. The van der Waals surface area contributed by atoms with E-state index in [0.29, 0.717) is 18.9 Å². The number of primary sulfonamides is 1. The lowest BCUT2D eigenvalue weighted by molar-refractivity contribution is 0.340. The highest BCUT2D eigenvalue weighted by Crippen LogP contribution is 2.27. The largest absolute Gasteiger partial charge is 0.494 e. The molecule has 0 saturated heterocycles. The summed E-state index contributed by atoms with van der Waals surface area (Å²) in [6.45, 7) is 5.11. The quantitative estimate of drug-likeness (QED) is 0.351. The van der Waals surface area contributed by atoms with Crippen molar-refractivity contribution in [1.82, 2.24) is 9.78 Å². The fourth-order valence-electron chi connectivity index (χ4n) is 3.57. The van der Waals surface area contributed by atoms with Crippen molar-refractivity contribution in [3.63, 3.8) is 0 Å². The zero-order valence-electron chi connectivity index (χ0n) is 19.6. The normalized spacial score (nSPS) is 11.6. The maximum Gasteiger partial charge on any atom is 0.238 e. The van der Waals surface area contributed by atoms with E-state index < -0.39 is 10.0 Å². The van der Waals surface area contributed by atoms with E-state index >= 15 is 0 Å². The summed E-state index contributed by atoms with van der Waals surface area (Å²) < 4.78 is 36.2. The van der Waals surface area contributed by atoms with Crippen LogP contribution in [-0.4, -0.2) is 31.4 Å². The Kier molecular flexibility index (Phi) is 7.33. The number of rotatable bonds is 9. The van der Waals surface area contributed by atoms with E-state index in [0.717, 1.165) is 34.0 Å². The molecule has 0 aliphatic rings. The molecule has 0 spiro atoms. The third-order valence-electron chi connectivity index (χ3n) is 5.24. The smallest absolute Gasteiger partial charge is 0.238 e. The van der Waals surface area contributed by atoms with Gasteiger partial charge in [0.25, 0.3) is 0 Å². The van der Waals surface area contributed by atoms with E-state index in [1.807, 2.05) is 80.6 Å². The molecule has 35 heavy (non-hydrogen) atoms. The van der Waals surface area contributed by atoms with Gasteiger partial charge in [-0.1, -0.05) is 18.2 Å². The minimum Gasteiger partial charge on any atom is -0.494 e. The Morgan fingerprint density at radius 2 is 1.40 bits per heavy atom. The van der Waals surface area contributed by atoms with Crippen LogP contribution in [0.3, 0.4) is 0 Å². The van der Waals surface area contributed by atoms with Gasteiger partial charge in [0.15, 0.2) is 0 Å². The Balaban J connectivity index is 1.70. The summed E-state index contributed by atoms with van der Waals surface area (Å²) in [5, 5.41) is 10.0. The highest BCUT2D eigenvalue weighted by molar-refractivity contribution is 7.89. The lowest BCUT2D eigenvalue weighted by atomic mass is 10.1. The summed E-state index contributed by atoms with van der Waals surface area (Å²) in [5.41, 5.74) is 4.27. The average Bonchev–Trinajstić information content (AvgIpc) is 3.28. The van der Waals surface area contributed by atoms with Gasteiger partial charge in [-0.15, -0.1) is 0 Å². The summed E-state index contributed by atoms with van der Waals surface area (Å²) in [6, 6.07) is 23.9. The number of aromatic nitrogens is 2. The van der Waals surface area contributed by atoms with Gasteiger partial charge >= 0.3 is 0 Å². The van der Waals surface area contributed by atoms with E-state index in [-0.39, 0.29) is 4.90 Å². The second-order valence-corrected chi connectivity index (χ2v) is 9.26. The molecule has 0 unspecified atom stereocenters. The topological polar surface area (TPSA) is 96.4 Å². The number of hydrogen-bond donors (Lipinski definition) is 1. The SMILES string of the molecule is CCOc1ccc(/C=C/c2cc(-c3ccc(OCC)cc3)n(-c3ccc(S(N)(=O)=O)cc3)n2)cc1. The third-order valence-corrected chi connectivity index (χ3v) is 6.17. The molecular weight excluding hydrogens is 462 g/mol. The number of ether oxygens (including phenoxy) is 2. The van der Waals surface area contributed by atoms with E-state index in [1.54, 1.807) is 16.8 Å². The molecule has 0 aliphatic heterocycles.